The Labute approximate surface area is 144 Å². The lowest BCUT2D eigenvalue weighted by Crippen LogP contribution is -2.36. The van der Waals surface area contributed by atoms with Crippen LogP contribution in [0, 0.1) is 0 Å². The Kier molecular flexibility index (Phi) is 4.92. The summed E-state index contributed by atoms with van der Waals surface area (Å²) in [6.07, 6.45) is 0. The fraction of sp³-hybridized carbons (Fsp3) is 0.368. The third-order valence-electron chi connectivity index (χ3n) is 4.38. The number of sulfone groups is 1. The number of hydrogen-bond acceptors (Lipinski definition) is 4. The van der Waals surface area contributed by atoms with Crippen LogP contribution in [0.3, 0.4) is 0 Å². The molecule has 0 aliphatic carbocycles. The number of nitrogens with zero attached hydrogens (tertiary/aromatic N) is 1. The highest BCUT2D eigenvalue weighted by atomic mass is 32.2. The molecule has 1 heterocycles. The monoisotopic (exact) mass is 345 g/mol. The molecule has 0 unspecified atom stereocenters. The number of benzene rings is 2. The normalized spacial score (nSPS) is 15.7. The van der Waals surface area contributed by atoms with Gasteiger partial charge in [0.05, 0.1) is 23.0 Å². The summed E-state index contributed by atoms with van der Waals surface area (Å²) in [7, 11) is -3.47. The molecule has 0 N–H and O–H groups in total. The second-order valence-corrected chi connectivity index (χ2v) is 8.27. The van der Waals surface area contributed by atoms with Gasteiger partial charge in [0.2, 0.25) is 9.84 Å². The Balaban J connectivity index is 1.84. The molecule has 5 heteroatoms. The van der Waals surface area contributed by atoms with Crippen LogP contribution in [0.4, 0.5) is 5.69 Å². The molecule has 1 aliphatic heterocycles. The zero-order chi connectivity index (χ0) is 17.2. The lowest BCUT2D eigenvalue weighted by Gasteiger charge is -2.28. The van der Waals surface area contributed by atoms with E-state index in [1.165, 1.54) is 0 Å². The highest BCUT2D eigenvalue weighted by molar-refractivity contribution is 7.91. The van der Waals surface area contributed by atoms with Crippen LogP contribution >= 0.6 is 0 Å². The molecule has 1 aliphatic rings. The molecule has 1 fully saturated rings. The molecule has 2 aromatic carbocycles. The molecule has 4 nitrogen and oxygen atoms in total. The molecule has 0 spiro atoms. The first kappa shape index (κ1) is 17.0. The van der Waals surface area contributed by atoms with Gasteiger partial charge in [-0.1, -0.05) is 26.0 Å². The van der Waals surface area contributed by atoms with Crippen molar-refractivity contribution >= 4 is 15.5 Å². The molecule has 0 aromatic heterocycles. The Morgan fingerprint density at radius 3 is 1.88 bits per heavy atom. The van der Waals surface area contributed by atoms with Crippen molar-refractivity contribution in [3.63, 3.8) is 0 Å². The zero-order valence-electron chi connectivity index (χ0n) is 14.1. The van der Waals surface area contributed by atoms with E-state index in [0.717, 1.165) is 24.3 Å². The Morgan fingerprint density at radius 1 is 0.875 bits per heavy atom. The minimum atomic E-state index is -3.47. The summed E-state index contributed by atoms with van der Waals surface area (Å²) in [5.74, 6) is 0.384. The van der Waals surface area contributed by atoms with E-state index < -0.39 is 9.84 Å². The Bertz CT molecular complexity index is 774. The molecule has 0 saturated carbocycles. The minimum absolute atomic E-state index is 0.330. The first-order chi connectivity index (χ1) is 11.5. The summed E-state index contributed by atoms with van der Waals surface area (Å²) in [5, 5.41) is 0. The van der Waals surface area contributed by atoms with Crippen LogP contribution in [-0.2, 0) is 14.6 Å². The van der Waals surface area contributed by atoms with Gasteiger partial charge in [0.15, 0.2) is 0 Å². The summed E-state index contributed by atoms with van der Waals surface area (Å²) in [6.45, 7) is 7.28. The van der Waals surface area contributed by atoms with E-state index in [-0.39, 0.29) is 0 Å². The van der Waals surface area contributed by atoms with E-state index in [0.29, 0.717) is 28.9 Å². The van der Waals surface area contributed by atoms with Crippen LogP contribution in [0.15, 0.2) is 58.3 Å². The lowest BCUT2D eigenvalue weighted by atomic mass is 10.0. The summed E-state index contributed by atoms with van der Waals surface area (Å²) < 4.78 is 30.9. The largest absolute Gasteiger partial charge is 0.378 e. The fourth-order valence-corrected chi connectivity index (χ4v) is 4.09. The third kappa shape index (κ3) is 3.47. The average molecular weight is 345 g/mol. The average Bonchev–Trinajstić information content (AvgIpc) is 2.62. The third-order valence-corrected chi connectivity index (χ3v) is 6.17. The topological polar surface area (TPSA) is 46.6 Å². The van der Waals surface area contributed by atoms with Crippen LogP contribution in [0.1, 0.15) is 25.3 Å². The number of morpholine rings is 1. The molecular formula is C19H23NO3S. The second-order valence-electron chi connectivity index (χ2n) is 6.32. The predicted octanol–water partition coefficient (Wildman–Crippen LogP) is 3.48. The van der Waals surface area contributed by atoms with E-state index >= 15 is 0 Å². The van der Waals surface area contributed by atoms with Gasteiger partial charge in [-0.2, -0.15) is 0 Å². The molecule has 0 radical (unpaired) electrons. The van der Waals surface area contributed by atoms with Crippen LogP contribution in [0.2, 0.25) is 0 Å². The first-order valence-electron chi connectivity index (χ1n) is 8.26. The van der Waals surface area contributed by atoms with Gasteiger partial charge in [0, 0.05) is 18.8 Å². The van der Waals surface area contributed by atoms with E-state index in [1.807, 2.05) is 24.3 Å². The van der Waals surface area contributed by atoms with E-state index in [2.05, 4.69) is 18.7 Å². The van der Waals surface area contributed by atoms with Crippen molar-refractivity contribution in [2.24, 2.45) is 0 Å². The van der Waals surface area contributed by atoms with E-state index in [4.69, 9.17) is 4.74 Å². The molecular weight excluding hydrogens is 322 g/mol. The van der Waals surface area contributed by atoms with Crippen molar-refractivity contribution < 1.29 is 13.2 Å². The van der Waals surface area contributed by atoms with Crippen LogP contribution in [0.5, 0.6) is 0 Å². The lowest BCUT2D eigenvalue weighted by molar-refractivity contribution is 0.122. The van der Waals surface area contributed by atoms with Crippen molar-refractivity contribution in [1.82, 2.24) is 0 Å². The molecule has 128 valence electrons. The SMILES string of the molecule is CC(C)c1ccc(S(=O)(=O)c2ccc(N3CCOCC3)cc2)cc1. The highest BCUT2D eigenvalue weighted by Crippen LogP contribution is 2.25. The van der Waals surface area contributed by atoms with Crippen molar-refractivity contribution in [3.05, 3.63) is 54.1 Å². The number of anilines is 1. The summed E-state index contributed by atoms with van der Waals surface area (Å²) in [5.41, 5.74) is 2.17. The standard InChI is InChI=1S/C19H23NO3S/c1-15(2)16-3-7-18(8-4-16)24(21,22)19-9-5-17(6-10-19)20-11-13-23-14-12-20/h3-10,15H,11-14H2,1-2H3. The van der Waals surface area contributed by atoms with Gasteiger partial charge in [0.25, 0.3) is 0 Å². The zero-order valence-corrected chi connectivity index (χ0v) is 14.9. The molecule has 0 atom stereocenters. The number of ether oxygens (including phenoxy) is 1. The van der Waals surface area contributed by atoms with Crippen molar-refractivity contribution in [1.29, 1.82) is 0 Å². The number of rotatable bonds is 4. The maximum Gasteiger partial charge on any atom is 0.206 e. The van der Waals surface area contributed by atoms with Gasteiger partial charge < -0.3 is 9.64 Å². The molecule has 1 saturated heterocycles. The minimum Gasteiger partial charge on any atom is -0.378 e. The maximum absolute atomic E-state index is 12.8. The first-order valence-corrected chi connectivity index (χ1v) is 9.74. The van der Waals surface area contributed by atoms with Gasteiger partial charge in [0.1, 0.15) is 0 Å². The molecule has 24 heavy (non-hydrogen) atoms. The highest BCUT2D eigenvalue weighted by Gasteiger charge is 2.19. The van der Waals surface area contributed by atoms with Crippen LogP contribution < -0.4 is 4.90 Å². The van der Waals surface area contributed by atoms with Gasteiger partial charge >= 0.3 is 0 Å². The summed E-state index contributed by atoms with van der Waals surface area (Å²) >= 11 is 0. The quantitative estimate of drug-likeness (QED) is 0.851. The Hall–Kier alpha value is -1.85. The van der Waals surface area contributed by atoms with Crippen LogP contribution in [0.25, 0.3) is 0 Å². The molecule has 0 bridgehead atoms. The van der Waals surface area contributed by atoms with Crippen molar-refractivity contribution in [2.75, 3.05) is 31.2 Å². The molecule has 2 aromatic rings. The predicted molar refractivity (Wildman–Crippen MR) is 95.5 cm³/mol. The van der Waals surface area contributed by atoms with Crippen molar-refractivity contribution in [2.45, 2.75) is 29.6 Å². The van der Waals surface area contributed by atoms with Crippen molar-refractivity contribution in [3.8, 4) is 0 Å². The van der Waals surface area contributed by atoms with E-state index in [9.17, 15) is 8.42 Å². The van der Waals surface area contributed by atoms with Gasteiger partial charge in [-0.05, 0) is 47.9 Å². The van der Waals surface area contributed by atoms with Gasteiger partial charge in [-0.15, -0.1) is 0 Å². The summed E-state index contributed by atoms with van der Waals surface area (Å²) in [6, 6.07) is 14.3. The number of hydrogen-bond donors (Lipinski definition) is 0. The Morgan fingerprint density at radius 2 is 1.38 bits per heavy atom. The van der Waals surface area contributed by atoms with Crippen LogP contribution in [-0.4, -0.2) is 34.7 Å². The second kappa shape index (κ2) is 6.95. The molecule has 3 rings (SSSR count). The maximum atomic E-state index is 12.8. The summed E-state index contributed by atoms with van der Waals surface area (Å²) in [4.78, 5) is 2.87. The van der Waals surface area contributed by atoms with Gasteiger partial charge in [-0.3, -0.25) is 0 Å². The molecule has 0 amide bonds. The van der Waals surface area contributed by atoms with E-state index in [1.54, 1.807) is 24.3 Å². The smallest absolute Gasteiger partial charge is 0.206 e. The van der Waals surface area contributed by atoms with Gasteiger partial charge in [-0.25, -0.2) is 8.42 Å². The fourth-order valence-electron chi connectivity index (χ4n) is 2.83.